The first kappa shape index (κ1) is 14.2. The summed E-state index contributed by atoms with van der Waals surface area (Å²) < 4.78 is 28.3. The number of hydrogen-bond acceptors (Lipinski definition) is 3. The predicted molar refractivity (Wildman–Crippen MR) is 84.5 cm³/mol. The van der Waals surface area contributed by atoms with E-state index in [1.807, 2.05) is 24.3 Å². The van der Waals surface area contributed by atoms with E-state index in [0.29, 0.717) is 6.54 Å². The van der Waals surface area contributed by atoms with Gasteiger partial charge in [-0.15, -0.1) is 6.42 Å². The first-order valence-electron chi connectivity index (χ1n) is 7.09. The fraction of sp³-hybridized carbons (Fsp3) is 0.467. The third-order valence-corrected chi connectivity index (χ3v) is 6.14. The summed E-state index contributed by atoms with van der Waals surface area (Å²) in [6.45, 7) is 2.31. The SMILES string of the molecule is C#CCN1CCC(N2c3ccccc3N(C)S2(=O)=O)CC1. The van der Waals surface area contributed by atoms with Crippen LogP contribution in [0, 0.1) is 12.3 Å². The van der Waals surface area contributed by atoms with Crippen molar-refractivity contribution in [1.29, 1.82) is 0 Å². The highest BCUT2D eigenvalue weighted by molar-refractivity contribution is 7.94. The van der Waals surface area contributed by atoms with Crippen LogP contribution in [0.15, 0.2) is 24.3 Å². The summed E-state index contributed by atoms with van der Waals surface area (Å²) in [7, 11) is -1.83. The molecule has 2 aliphatic heterocycles. The molecule has 0 spiro atoms. The number of likely N-dealkylation sites (tertiary alicyclic amines) is 1. The van der Waals surface area contributed by atoms with Gasteiger partial charge in [-0.1, -0.05) is 18.1 Å². The largest absolute Gasteiger partial charge is 0.326 e. The minimum absolute atomic E-state index is 0.00937. The normalized spacial score (nSPS) is 22.1. The molecule has 0 radical (unpaired) electrons. The summed E-state index contributed by atoms with van der Waals surface area (Å²) in [5, 5.41) is 0. The molecule has 6 heteroatoms. The average Bonchev–Trinajstić information content (AvgIpc) is 2.68. The number of benzene rings is 1. The van der Waals surface area contributed by atoms with Crippen molar-refractivity contribution in [2.45, 2.75) is 18.9 Å². The second kappa shape index (κ2) is 5.24. The van der Waals surface area contributed by atoms with Crippen molar-refractivity contribution >= 4 is 21.6 Å². The van der Waals surface area contributed by atoms with Crippen molar-refractivity contribution in [3.05, 3.63) is 24.3 Å². The van der Waals surface area contributed by atoms with Gasteiger partial charge in [0.25, 0.3) is 0 Å². The number of fused-ring (bicyclic) bond motifs is 1. The van der Waals surface area contributed by atoms with Crippen LogP contribution in [-0.2, 0) is 10.2 Å². The highest BCUT2D eigenvalue weighted by atomic mass is 32.2. The van der Waals surface area contributed by atoms with E-state index >= 15 is 0 Å². The monoisotopic (exact) mass is 305 g/mol. The summed E-state index contributed by atoms with van der Waals surface area (Å²) in [6, 6.07) is 7.48. The summed E-state index contributed by atoms with van der Waals surface area (Å²) in [5.41, 5.74) is 1.54. The van der Waals surface area contributed by atoms with Crippen molar-refractivity contribution in [3.8, 4) is 12.3 Å². The Morgan fingerprint density at radius 1 is 1.24 bits per heavy atom. The minimum atomic E-state index is -3.45. The summed E-state index contributed by atoms with van der Waals surface area (Å²) in [5.74, 6) is 2.65. The lowest BCUT2D eigenvalue weighted by Crippen LogP contribution is -2.48. The molecule has 2 aliphatic rings. The summed E-state index contributed by atoms with van der Waals surface area (Å²) >= 11 is 0. The van der Waals surface area contributed by atoms with Gasteiger partial charge in [0.1, 0.15) is 0 Å². The van der Waals surface area contributed by atoms with Gasteiger partial charge in [-0.05, 0) is 25.0 Å². The van der Waals surface area contributed by atoms with Crippen LogP contribution in [0.5, 0.6) is 0 Å². The third kappa shape index (κ3) is 2.27. The Bertz CT molecular complexity index is 672. The molecule has 1 aromatic carbocycles. The van der Waals surface area contributed by atoms with E-state index < -0.39 is 10.2 Å². The van der Waals surface area contributed by atoms with E-state index in [-0.39, 0.29) is 6.04 Å². The molecule has 2 heterocycles. The Labute approximate surface area is 126 Å². The highest BCUT2D eigenvalue weighted by Gasteiger charge is 2.42. The molecule has 1 fully saturated rings. The number of rotatable bonds is 2. The van der Waals surface area contributed by atoms with Gasteiger partial charge in [-0.3, -0.25) is 9.21 Å². The van der Waals surface area contributed by atoms with Gasteiger partial charge in [-0.2, -0.15) is 8.42 Å². The zero-order valence-electron chi connectivity index (χ0n) is 12.1. The Hall–Kier alpha value is -1.71. The number of piperidine rings is 1. The van der Waals surface area contributed by atoms with E-state index in [9.17, 15) is 8.42 Å². The van der Waals surface area contributed by atoms with E-state index in [1.54, 1.807) is 11.4 Å². The van der Waals surface area contributed by atoms with Crippen molar-refractivity contribution in [2.24, 2.45) is 0 Å². The molecule has 5 nitrogen and oxygen atoms in total. The van der Waals surface area contributed by atoms with Gasteiger partial charge >= 0.3 is 10.2 Å². The van der Waals surface area contributed by atoms with Crippen LogP contribution in [0.1, 0.15) is 12.8 Å². The van der Waals surface area contributed by atoms with Crippen LogP contribution in [0.3, 0.4) is 0 Å². The number of nitrogens with zero attached hydrogens (tertiary/aromatic N) is 3. The minimum Gasteiger partial charge on any atom is -0.292 e. The van der Waals surface area contributed by atoms with Crippen LogP contribution in [0.25, 0.3) is 0 Å². The standard InChI is InChI=1S/C15H19N3O2S/c1-3-10-17-11-8-13(9-12-17)18-15-7-5-4-6-14(15)16(2)21(18,19)20/h1,4-7,13H,8-12H2,2H3. The van der Waals surface area contributed by atoms with Crippen LogP contribution in [0.2, 0.25) is 0 Å². The molecule has 0 aliphatic carbocycles. The van der Waals surface area contributed by atoms with Gasteiger partial charge in [0, 0.05) is 26.2 Å². The Morgan fingerprint density at radius 3 is 2.48 bits per heavy atom. The van der Waals surface area contributed by atoms with E-state index in [1.165, 1.54) is 4.31 Å². The Balaban J connectivity index is 1.87. The smallest absolute Gasteiger partial charge is 0.292 e. The molecule has 0 aromatic heterocycles. The van der Waals surface area contributed by atoms with Crippen molar-refractivity contribution < 1.29 is 8.42 Å². The molecule has 21 heavy (non-hydrogen) atoms. The van der Waals surface area contributed by atoms with Gasteiger partial charge < -0.3 is 0 Å². The van der Waals surface area contributed by atoms with E-state index in [2.05, 4.69) is 10.8 Å². The van der Waals surface area contributed by atoms with Gasteiger partial charge in [0.2, 0.25) is 0 Å². The first-order valence-corrected chi connectivity index (χ1v) is 8.48. The van der Waals surface area contributed by atoms with Gasteiger partial charge in [0.05, 0.1) is 17.9 Å². The fourth-order valence-corrected chi connectivity index (χ4v) is 4.78. The maximum absolute atomic E-state index is 12.7. The molecule has 1 saturated heterocycles. The zero-order chi connectivity index (χ0) is 15.0. The predicted octanol–water partition coefficient (Wildman–Crippen LogP) is 1.29. The van der Waals surface area contributed by atoms with E-state index in [0.717, 1.165) is 37.3 Å². The average molecular weight is 305 g/mol. The number of terminal acetylenes is 1. The molecule has 112 valence electrons. The molecule has 0 atom stereocenters. The van der Waals surface area contributed by atoms with Crippen molar-refractivity contribution in [3.63, 3.8) is 0 Å². The van der Waals surface area contributed by atoms with Crippen LogP contribution < -0.4 is 8.61 Å². The van der Waals surface area contributed by atoms with Crippen molar-refractivity contribution in [2.75, 3.05) is 35.3 Å². The molecule has 0 N–H and O–H groups in total. The van der Waals surface area contributed by atoms with Crippen LogP contribution in [-0.4, -0.2) is 46.0 Å². The lowest BCUT2D eigenvalue weighted by atomic mass is 10.0. The quantitative estimate of drug-likeness (QED) is 0.773. The topological polar surface area (TPSA) is 43.9 Å². The summed E-state index contributed by atoms with van der Waals surface area (Å²) in [6.07, 6.45) is 6.95. The maximum atomic E-state index is 12.7. The fourth-order valence-electron chi connectivity index (χ4n) is 3.12. The van der Waals surface area contributed by atoms with Crippen LogP contribution >= 0.6 is 0 Å². The molecule has 0 bridgehead atoms. The van der Waals surface area contributed by atoms with Gasteiger partial charge in [0.15, 0.2) is 0 Å². The first-order chi connectivity index (χ1) is 10.1. The molecule has 0 unspecified atom stereocenters. The van der Waals surface area contributed by atoms with Crippen LogP contribution in [0.4, 0.5) is 11.4 Å². The number of hydrogen-bond donors (Lipinski definition) is 0. The number of para-hydroxylation sites is 2. The highest BCUT2D eigenvalue weighted by Crippen LogP contribution is 2.42. The summed E-state index contributed by atoms with van der Waals surface area (Å²) in [4.78, 5) is 2.19. The molecular weight excluding hydrogens is 286 g/mol. The number of anilines is 2. The second-order valence-electron chi connectivity index (χ2n) is 5.47. The molecule has 0 saturated carbocycles. The lowest BCUT2D eigenvalue weighted by molar-refractivity contribution is 0.238. The zero-order valence-corrected chi connectivity index (χ0v) is 12.9. The van der Waals surface area contributed by atoms with E-state index in [4.69, 9.17) is 6.42 Å². The molecule has 3 rings (SSSR count). The third-order valence-electron chi connectivity index (χ3n) is 4.26. The molecular formula is C15H19N3O2S. The lowest BCUT2D eigenvalue weighted by Gasteiger charge is -2.36. The Kier molecular flexibility index (Phi) is 3.56. The second-order valence-corrected chi connectivity index (χ2v) is 7.31. The van der Waals surface area contributed by atoms with Gasteiger partial charge in [-0.25, -0.2) is 4.31 Å². The van der Waals surface area contributed by atoms with Crippen molar-refractivity contribution in [1.82, 2.24) is 4.90 Å². The molecule has 0 amide bonds. The molecule has 1 aromatic rings. The Morgan fingerprint density at radius 2 is 1.86 bits per heavy atom. The maximum Gasteiger partial charge on any atom is 0.326 e.